The third-order valence-corrected chi connectivity index (χ3v) is 5.50. The van der Waals surface area contributed by atoms with Crippen LogP contribution in [0.15, 0.2) is 30.5 Å². The maximum Gasteiger partial charge on any atom is 0.272 e. The molecular formula is C20H24N4O2. The predicted octanol–water partition coefficient (Wildman–Crippen LogP) is 2.25. The fourth-order valence-corrected chi connectivity index (χ4v) is 3.71. The van der Waals surface area contributed by atoms with Gasteiger partial charge in [0.2, 0.25) is 5.91 Å². The normalized spacial score (nSPS) is 25.1. The van der Waals surface area contributed by atoms with Gasteiger partial charge in [-0.15, -0.1) is 0 Å². The summed E-state index contributed by atoms with van der Waals surface area (Å²) in [7, 11) is 0. The Labute approximate surface area is 153 Å². The Kier molecular flexibility index (Phi) is 4.57. The van der Waals surface area contributed by atoms with Crippen molar-refractivity contribution >= 4 is 22.8 Å². The number of fused-ring (bicyclic) bond motifs is 1. The molecule has 0 bridgehead atoms. The number of hydrogen-bond acceptors (Lipinski definition) is 4. The minimum Gasteiger partial charge on any atom is -0.356 e. The van der Waals surface area contributed by atoms with Crippen molar-refractivity contribution in [3.8, 4) is 0 Å². The van der Waals surface area contributed by atoms with E-state index in [9.17, 15) is 9.59 Å². The second kappa shape index (κ2) is 7.02. The summed E-state index contributed by atoms with van der Waals surface area (Å²) in [6.45, 7) is 4.17. The highest BCUT2D eigenvalue weighted by atomic mass is 16.2. The Hall–Kier alpha value is -2.50. The average Bonchev–Trinajstić information content (AvgIpc) is 3.42. The lowest BCUT2D eigenvalue weighted by atomic mass is 9.97. The summed E-state index contributed by atoms with van der Waals surface area (Å²) < 4.78 is 0. The number of carbonyl (C=O) groups excluding carboxylic acids is 2. The van der Waals surface area contributed by atoms with Crippen LogP contribution in [0.5, 0.6) is 0 Å². The Morgan fingerprint density at radius 2 is 2.15 bits per heavy atom. The van der Waals surface area contributed by atoms with Gasteiger partial charge in [-0.3, -0.25) is 9.59 Å². The molecule has 1 unspecified atom stereocenters. The van der Waals surface area contributed by atoms with Crippen LogP contribution in [0.1, 0.15) is 36.7 Å². The van der Waals surface area contributed by atoms with Crippen molar-refractivity contribution in [1.29, 1.82) is 0 Å². The molecule has 1 saturated heterocycles. The van der Waals surface area contributed by atoms with Crippen LogP contribution in [-0.4, -0.2) is 46.3 Å². The lowest BCUT2D eigenvalue weighted by molar-refractivity contribution is -0.122. The van der Waals surface area contributed by atoms with E-state index in [1.165, 1.54) is 0 Å². The Morgan fingerprint density at radius 1 is 1.31 bits per heavy atom. The van der Waals surface area contributed by atoms with E-state index in [2.05, 4.69) is 22.2 Å². The summed E-state index contributed by atoms with van der Waals surface area (Å²) in [5.41, 5.74) is 1.03. The summed E-state index contributed by atoms with van der Waals surface area (Å²) in [4.78, 5) is 35.4. The van der Waals surface area contributed by atoms with Crippen LogP contribution < -0.4 is 5.32 Å². The first-order chi connectivity index (χ1) is 12.6. The fraction of sp³-hybridized carbons (Fsp3) is 0.500. The van der Waals surface area contributed by atoms with E-state index in [0.29, 0.717) is 36.3 Å². The van der Waals surface area contributed by atoms with Crippen LogP contribution in [0, 0.1) is 17.8 Å². The van der Waals surface area contributed by atoms with Gasteiger partial charge in [-0.05, 0) is 55.4 Å². The number of pyridine rings is 2. The van der Waals surface area contributed by atoms with Crippen molar-refractivity contribution in [1.82, 2.24) is 20.2 Å². The van der Waals surface area contributed by atoms with Crippen LogP contribution >= 0.6 is 0 Å². The highest BCUT2D eigenvalue weighted by Crippen LogP contribution is 2.37. The first-order valence-electron chi connectivity index (χ1n) is 9.40. The zero-order valence-corrected chi connectivity index (χ0v) is 15.0. The van der Waals surface area contributed by atoms with E-state index in [1.54, 1.807) is 12.3 Å². The van der Waals surface area contributed by atoms with E-state index in [0.717, 1.165) is 31.2 Å². The number of aromatic nitrogens is 2. The van der Waals surface area contributed by atoms with Crippen LogP contribution in [0.2, 0.25) is 0 Å². The van der Waals surface area contributed by atoms with Gasteiger partial charge in [0, 0.05) is 37.1 Å². The summed E-state index contributed by atoms with van der Waals surface area (Å²) in [5, 5.41) is 3.99. The number of piperidine rings is 1. The van der Waals surface area contributed by atoms with E-state index in [1.807, 2.05) is 23.1 Å². The molecule has 26 heavy (non-hydrogen) atoms. The van der Waals surface area contributed by atoms with E-state index >= 15 is 0 Å². The second-order valence-corrected chi connectivity index (χ2v) is 7.57. The van der Waals surface area contributed by atoms with Gasteiger partial charge in [0.25, 0.3) is 5.91 Å². The van der Waals surface area contributed by atoms with E-state index < -0.39 is 0 Å². The standard InChI is InChI=1S/C20H24N4O2/c1-13-10-16(13)19(25)22-11-14-4-3-9-24(12-14)20(26)17-7-6-15-5-2-8-21-18(15)23-17/h2,5-8,13-14,16H,3-4,9-12H2,1H3,(H,22,25)/t13-,14?,16+/m1/s1. The number of nitrogens with one attached hydrogen (secondary N) is 1. The quantitative estimate of drug-likeness (QED) is 0.916. The number of carbonyl (C=O) groups is 2. The molecule has 1 aliphatic heterocycles. The number of rotatable bonds is 4. The minimum atomic E-state index is -0.0515. The topological polar surface area (TPSA) is 75.2 Å². The van der Waals surface area contributed by atoms with Crippen LogP contribution in [0.3, 0.4) is 0 Å². The molecule has 2 aromatic heterocycles. The molecule has 3 atom stereocenters. The van der Waals surface area contributed by atoms with Crippen LogP contribution in [0.25, 0.3) is 11.0 Å². The second-order valence-electron chi connectivity index (χ2n) is 7.57. The summed E-state index contributed by atoms with van der Waals surface area (Å²) >= 11 is 0. The molecule has 1 aliphatic carbocycles. The zero-order valence-electron chi connectivity index (χ0n) is 15.0. The summed E-state index contributed by atoms with van der Waals surface area (Å²) in [5.74, 6) is 1.15. The van der Waals surface area contributed by atoms with Crippen molar-refractivity contribution in [2.45, 2.75) is 26.2 Å². The van der Waals surface area contributed by atoms with Gasteiger partial charge >= 0.3 is 0 Å². The molecule has 1 saturated carbocycles. The molecule has 4 rings (SSSR count). The van der Waals surface area contributed by atoms with E-state index in [4.69, 9.17) is 0 Å². The summed E-state index contributed by atoms with van der Waals surface area (Å²) in [6, 6.07) is 7.45. The van der Waals surface area contributed by atoms with Crippen molar-refractivity contribution in [3.05, 3.63) is 36.2 Å². The van der Waals surface area contributed by atoms with Gasteiger partial charge in [-0.25, -0.2) is 9.97 Å². The maximum atomic E-state index is 12.8. The van der Waals surface area contributed by atoms with Crippen molar-refractivity contribution in [2.75, 3.05) is 19.6 Å². The van der Waals surface area contributed by atoms with Crippen molar-refractivity contribution < 1.29 is 9.59 Å². The highest BCUT2D eigenvalue weighted by molar-refractivity contribution is 5.94. The summed E-state index contributed by atoms with van der Waals surface area (Å²) in [6.07, 6.45) is 4.68. The largest absolute Gasteiger partial charge is 0.356 e. The van der Waals surface area contributed by atoms with Crippen molar-refractivity contribution in [2.24, 2.45) is 17.8 Å². The fourth-order valence-electron chi connectivity index (χ4n) is 3.71. The van der Waals surface area contributed by atoms with Gasteiger partial charge in [0.15, 0.2) is 5.65 Å². The first-order valence-corrected chi connectivity index (χ1v) is 9.40. The molecule has 0 aromatic carbocycles. The third kappa shape index (κ3) is 3.54. The third-order valence-electron chi connectivity index (χ3n) is 5.50. The Balaban J connectivity index is 1.38. The highest BCUT2D eigenvalue weighted by Gasteiger charge is 2.39. The minimum absolute atomic E-state index is 0.0515. The number of nitrogens with zero attached hydrogens (tertiary/aromatic N) is 3. The van der Waals surface area contributed by atoms with Gasteiger partial charge in [0.1, 0.15) is 5.69 Å². The molecule has 2 aliphatic rings. The molecule has 0 spiro atoms. The SMILES string of the molecule is C[C@@H]1C[C@@H]1C(=O)NCC1CCCN(C(=O)c2ccc3cccnc3n2)C1. The molecule has 2 fully saturated rings. The van der Waals surface area contributed by atoms with Gasteiger partial charge in [-0.2, -0.15) is 0 Å². The molecule has 136 valence electrons. The molecule has 6 nitrogen and oxygen atoms in total. The number of hydrogen-bond donors (Lipinski definition) is 1. The van der Waals surface area contributed by atoms with Crippen molar-refractivity contribution in [3.63, 3.8) is 0 Å². The smallest absolute Gasteiger partial charge is 0.272 e. The number of amides is 2. The lowest BCUT2D eigenvalue weighted by Gasteiger charge is -2.32. The van der Waals surface area contributed by atoms with Gasteiger partial charge in [0.05, 0.1) is 0 Å². The molecular weight excluding hydrogens is 328 g/mol. The molecule has 0 radical (unpaired) electrons. The van der Waals surface area contributed by atoms with Gasteiger partial charge < -0.3 is 10.2 Å². The zero-order chi connectivity index (χ0) is 18.1. The van der Waals surface area contributed by atoms with Crippen LogP contribution in [0.4, 0.5) is 0 Å². The average molecular weight is 352 g/mol. The van der Waals surface area contributed by atoms with Crippen LogP contribution in [-0.2, 0) is 4.79 Å². The maximum absolute atomic E-state index is 12.8. The van der Waals surface area contributed by atoms with E-state index in [-0.39, 0.29) is 17.7 Å². The molecule has 2 aromatic rings. The number of likely N-dealkylation sites (tertiary alicyclic amines) is 1. The lowest BCUT2D eigenvalue weighted by Crippen LogP contribution is -2.44. The molecule has 6 heteroatoms. The first kappa shape index (κ1) is 16.9. The van der Waals surface area contributed by atoms with Gasteiger partial charge in [-0.1, -0.05) is 6.92 Å². The molecule has 2 amide bonds. The Bertz CT molecular complexity index is 837. The molecule has 1 N–H and O–H groups in total. The Morgan fingerprint density at radius 3 is 2.96 bits per heavy atom. The predicted molar refractivity (Wildman–Crippen MR) is 98.4 cm³/mol. The molecule has 3 heterocycles. The monoisotopic (exact) mass is 352 g/mol.